The van der Waals surface area contributed by atoms with Gasteiger partial charge in [-0.3, -0.25) is 9.59 Å². The number of aliphatic hydroxyl groups is 1. The Kier molecular flexibility index (Phi) is 7.74. The van der Waals surface area contributed by atoms with Crippen LogP contribution < -0.4 is 19.1 Å². The molecule has 4 aromatic rings. The number of hydrogen-bond donors (Lipinski definition) is 3. The largest absolute Gasteiger partial charge is 0.487 e. The molecule has 2 amide bonds. The zero-order chi connectivity index (χ0) is 28.4. The molecular formula is C28H23BrFN3O6S. The van der Waals surface area contributed by atoms with E-state index in [1.165, 1.54) is 24.3 Å². The fraction of sp³-hybridized carbons (Fsp3) is 0.143. The number of hydrogen-bond acceptors (Lipinski definition) is 6. The maximum atomic E-state index is 16.0. The van der Waals surface area contributed by atoms with Gasteiger partial charge in [0.05, 0.1) is 12.5 Å². The lowest BCUT2D eigenvalue weighted by Crippen LogP contribution is -2.30. The smallest absolute Gasteiger partial charge is 0.326 e. The predicted molar refractivity (Wildman–Crippen MR) is 152 cm³/mol. The molecule has 1 atom stereocenters. The maximum absolute atomic E-state index is 16.0. The minimum Gasteiger partial charge on any atom is -0.487 e. The van der Waals surface area contributed by atoms with Crippen LogP contribution in [-0.2, 0) is 26.4 Å². The van der Waals surface area contributed by atoms with Crippen LogP contribution in [-0.4, -0.2) is 38.5 Å². The fourth-order valence-electron chi connectivity index (χ4n) is 4.39. The van der Waals surface area contributed by atoms with Crippen LogP contribution in [0.3, 0.4) is 0 Å². The number of nitrogens with one attached hydrogen (secondary N) is 2. The summed E-state index contributed by atoms with van der Waals surface area (Å²) in [6.07, 6.45) is 0. The third-order valence-electron chi connectivity index (χ3n) is 6.36. The van der Waals surface area contributed by atoms with E-state index in [2.05, 4.69) is 21.2 Å². The molecule has 3 N–H and O–H groups in total. The van der Waals surface area contributed by atoms with Crippen molar-refractivity contribution in [2.24, 2.45) is 0 Å². The summed E-state index contributed by atoms with van der Waals surface area (Å²) in [5.74, 6) is -3.09. The predicted octanol–water partition coefficient (Wildman–Crippen LogP) is 4.22. The minimum atomic E-state index is -4.32. The van der Waals surface area contributed by atoms with Crippen molar-refractivity contribution in [2.45, 2.75) is 12.5 Å². The molecule has 0 spiro atoms. The summed E-state index contributed by atoms with van der Waals surface area (Å²) in [6.45, 7) is -1.01. The van der Waals surface area contributed by atoms with Crippen LogP contribution in [0.1, 0.15) is 17.0 Å². The molecule has 1 heterocycles. The number of benzene rings is 4. The summed E-state index contributed by atoms with van der Waals surface area (Å²) >= 11 is 3.34. The SMILES string of the molecule is O=C1CN(c2c(OCc3ccccc3)cc3cc(NC(=O)C(CO)c4ccc(Br)cc4)ccc3c2F)S(=O)(=O)N1. The van der Waals surface area contributed by atoms with Crippen molar-refractivity contribution >= 4 is 60.1 Å². The number of anilines is 2. The Balaban J connectivity index is 1.52. The second kappa shape index (κ2) is 11.2. The summed E-state index contributed by atoms with van der Waals surface area (Å²) in [5.41, 5.74) is 1.32. The second-order valence-corrected chi connectivity index (χ2v) is 11.6. The molecule has 9 nitrogen and oxygen atoms in total. The van der Waals surface area contributed by atoms with Gasteiger partial charge < -0.3 is 15.2 Å². The molecular weight excluding hydrogens is 605 g/mol. The first-order valence-electron chi connectivity index (χ1n) is 12.1. The lowest BCUT2D eigenvalue weighted by molar-refractivity contribution is -0.118. The van der Waals surface area contributed by atoms with Crippen LogP contribution in [0.4, 0.5) is 15.8 Å². The van der Waals surface area contributed by atoms with Gasteiger partial charge >= 0.3 is 10.2 Å². The molecule has 12 heteroatoms. The first-order valence-corrected chi connectivity index (χ1v) is 14.3. The molecule has 5 rings (SSSR count). The van der Waals surface area contributed by atoms with E-state index in [4.69, 9.17) is 4.74 Å². The third kappa shape index (κ3) is 5.64. The van der Waals surface area contributed by atoms with E-state index in [-0.39, 0.29) is 17.7 Å². The van der Waals surface area contributed by atoms with Crippen LogP contribution >= 0.6 is 15.9 Å². The Morgan fingerprint density at radius 1 is 1.10 bits per heavy atom. The number of fused-ring (bicyclic) bond motifs is 1. The maximum Gasteiger partial charge on any atom is 0.326 e. The summed E-state index contributed by atoms with van der Waals surface area (Å²) in [6, 6.07) is 21.9. The molecule has 1 aliphatic heterocycles. The Labute approximate surface area is 237 Å². The third-order valence-corrected chi connectivity index (χ3v) is 8.27. The van der Waals surface area contributed by atoms with E-state index >= 15 is 4.39 Å². The van der Waals surface area contributed by atoms with Crippen LogP contribution in [0.15, 0.2) is 83.3 Å². The highest BCUT2D eigenvalue weighted by atomic mass is 79.9. The molecule has 1 fully saturated rings. The van der Waals surface area contributed by atoms with Crippen LogP contribution in [0.2, 0.25) is 0 Å². The molecule has 0 aliphatic carbocycles. The van der Waals surface area contributed by atoms with Gasteiger partial charge in [-0.05, 0) is 52.9 Å². The van der Waals surface area contributed by atoms with Crippen molar-refractivity contribution < 1.29 is 32.2 Å². The summed E-state index contributed by atoms with van der Waals surface area (Å²) in [5, 5.41) is 13.0. The van der Waals surface area contributed by atoms with Crippen LogP contribution in [0, 0.1) is 5.82 Å². The van der Waals surface area contributed by atoms with Gasteiger partial charge in [-0.15, -0.1) is 0 Å². The van der Waals surface area contributed by atoms with Gasteiger partial charge in [0.2, 0.25) is 5.91 Å². The highest BCUT2D eigenvalue weighted by molar-refractivity contribution is 9.10. The van der Waals surface area contributed by atoms with Gasteiger partial charge in [0.15, 0.2) is 5.82 Å². The van der Waals surface area contributed by atoms with Crippen LogP contribution in [0.5, 0.6) is 5.75 Å². The highest BCUT2D eigenvalue weighted by Crippen LogP contribution is 2.40. The van der Waals surface area contributed by atoms with Gasteiger partial charge in [0, 0.05) is 15.5 Å². The number of carbonyl (C=O) groups excluding carboxylic acids is 2. The number of aliphatic hydroxyl groups excluding tert-OH is 1. The Morgan fingerprint density at radius 2 is 1.82 bits per heavy atom. The lowest BCUT2D eigenvalue weighted by atomic mass is 9.99. The van der Waals surface area contributed by atoms with Crippen molar-refractivity contribution in [1.82, 2.24) is 4.72 Å². The molecule has 206 valence electrons. The van der Waals surface area contributed by atoms with Gasteiger partial charge in [-0.2, -0.15) is 8.42 Å². The summed E-state index contributed by atoms with van der Waals surface area (Å²) in [4.78, 5) is 24.9. The molecule has 1 saturated heterocycles. The van der Waals surface area contributed by atoms with E-state index in [0.29, 0.717) is 20.9 Å². The van der Waals surface area contributed by atoms with E-state index in [0.717, 1.165) is 10.0 Å². The Morgan fingerprint density at radius 3 is 2.48 bits per heavy atom. The van der Waals surface area contributed by atoms with Crippen molar-refractivity contribution in [3.05, 3.63) is 100 Å². The van der Waals surface area contributed by atoms with E-state index in [1.807, 2.05) is 10.8 Å². The second-order valence-electron chi connectivity index (χ2n) is 9.06. The van der Waals surface area contributed by atoms with Crippen molar-refractivity contribution in [2.75, 3.05) is 22.8 Å². The number of carbonyl (C=O) groups is 2. The molecule has 1 aliphatic rings. The standard InChI is InChI=1S/C28H23BrFN3O6S/c29-20-8-6-18(7-9-20)23(15-34)28(36)31-21-10-11-22-19(12-21)13-24(39-16-17-4-2-1-3-5-17)27(26(22)30)33-14-25(35)32-40(33,37)38/h1-13,23,34H,14-16H2,(H,31,36)(H,32,35). The monoisotopic (exact) mass is 627 g/mol. The normalized spacial score (nSPS) is 15.1. The quantitative estimate of drug-likeness (QED) is 0.269. The number of ether oxygens (including phenoxy) is 1. The summed E-state index contributed by atoms with van der Waals surface area (Å²) < 4.78 is 50.4. The molecule has 0 bridgehead atoms. The molecule has 0 saturated carbocycles. The lowest BCUT2D eigenvalue weighted by Gasteiger charge is -2.21. The van der Waals surface area contributed by atoms with Crippen molar-refractivity contribution in [1.29, 1.82) is 0 Å². The number of halogens is 2. The molecule has 40 heavy (non-hydrogen) atoms. The average molecular weight is 628 g/mol. The summed E-state index contributed by atoms with van der Waals surface area (Å²) in [7, 11) is -4.32. The number of rotatable bonds is 8. The number of nitrogens with zero attached hydrogens (tertiary/aromatic N) is 1. The van der Waals surface area contributed by atoms with E-state index < -0.39 is 52.6 Å². The Hall–Kier alpha value is -4.00. The van der Waals surface area contributed by atoms with Gasteiger partial charge in [0.1, 0.15) is 24.6 Å². The molecule has 0 aromatic heterocycles. The van der Waals surface area contributed by atoms with Gasteiger partial charge in [-0.25, -0.2) is 13.4 Å². The molecule has 4 aromatic carbocycles. The first-order chi connectivity index (χ1) is 19.2. The van der Waals surface area contributed by atoms with E-state index in [1.54, 1.807) is 48.5 Å². The van der Waals surface area contributed by atoms with Crippen molar-refractivity contribution in [3.63, 3.8) is 0 Å². The van der Waals surface area contributed by atoms with Gasteiger partial charge in [-0.1, -0.05) is 58.4 Å². The van der Waals surface area contributed by atoms with Crippen LogP contribution in [0.25, 0.3) is 10.8 Å². The molecule has 0 radical (unpaired) electrons. The van der Waals surface area contributed by atoms with E-state index in [9.17, 15) is 23.1 Å². The zero-order valence-electron chi connectivity index (χ0n) is 20.8. The number of amides is 2. The topological polar surface area (TPSA) is 125 Å². The molecule has 1 unspecified atom stereocenters. The average Bonchev–Trinajstić information content (AvgIpc) is 3.20. The minimum absolute atomic E-state index is 0.00977. The van der Waals surface area contributed by atoms with Gasteiger partial charge in [0.25, 0.3) is 5.91 Å². The fourth-order valence-corrected chi connectivity index (χ4v) is 5.82. The Bertz CT molecular complexity index is 1700. The highest BCUT2D eigenvalue weighted by Gasteiger charge is 2.38. The zero-order valence-corrected chi connectivity index (χ0v) is 23.2. The first kappa shape index (κ1) is 27.6. The van der Waals surface area contributed by atoms with Crippen molar-refractivity contribution in [3.8, 4) is 5.75 Å².